The highest BCUT2D eigenvalue weighted by atomic mass is 19.1. The fraction of sp³-hybridized carbons (Fsp3) is 0.600. The number of halogens is 1. The van der Waals surface area contributed by atoms with Crippen molar-refractivity contribution in [3.05, 3.63) is 35.6 Å². The van der Waals surface area contributed by atoms with Crippen LogP contribution in [0.4, 0.5) is 4.39 Å². The molecular formula is C15H22FNO. The van der Waals surface area contributed by atoms with Crippen LogP contribution in [0, 0.1) is 11.7 Å². The van der Waals surface area contributed by atoms with E-state index in [1.807, 2.05) is 12.1 Å². The quantitative estimate of drug-likeness (QED) is 0.886. The lowest BCUT2D eigenvalue weighted by atomic mass is 9.94. The molecular weight excluding hydrogens is 229 g/mol. The molecule has 1 fully saturated rings. The second kappa shape index (κ2) is 6.30. The summed E-state index contributed by atoms with van der Waals surface area (Å²) >= 11 is 0. The zero-order valence-electron chi connectivity index (χ0n) is 11.2. The first kappa shape index (κ1) is 13.5. The van der Waals surface area contributed by atoms with E-state index in [1.165, 1.54) is 12.1 Å². The topological polar surface area (TPSA) is 21.3 Å². The van der Waals surface area contributed by atoms with Gasteiger partial charge in [0, 0.05) is 25.3 Å². The van der Waals surface area contributed by atoms with Gasteiger partial charge in [0.15, 0.2) is 0 Å². The molecule has 0 aliphatic carbocycles. The van der Waals surface area contributed by atoms with E-state index in [9.17, 15) is 4.39 Å². The van der Waals surface area contributed by atoms with Crippen LogP contribution in [0.2, 0.25) is 0 Å². The van der Waals surface area contributed by atoms with Crippen molar-refractivity contribution in [1.82, 2.24) is 5.32 Å². The monoisotopic (exact) mass is 251 g/mol. The largest absolute Gasteiger partial charge is 0.381 e. The normalized spacial score (nSPS) is 19.1. The molecule has 1 saturated heterocycles. The Labute approximate surface area is 109 Å². The smallest absolute Gasteiger partial charge is 0.123 e. The summed E-state index contributed by atoms with van der Waals surface area (Å²) < 4.78 is 18.3. The Kier molecular flexibility index (Phi) is 4.72. The van der Waals surface area contributed by atoms with Crippen molar-refractivity contribution in [3.8, 4) is 0 Å². The van der Waals surface area contributed by atoms with E-state index in [1.54, 1.807) is 0 Å². The molecule has 1 aromatic carbocycles. The molecule has 1 aliphatic heterocycles. The standard InChI is InChI=1S/C15H22FNO/c1-11(2)15(12-3-5-13(16)6-4-12)17-14-7-9-18-10-8-14/h3-6,11,14-15,17H,7-10H2,1-2H3. The van der Waals surface area contributed by atoms with Crippen LogP contribution < -0.4 is 5.32 Å². The van der Waals surface area contributed by atoms with Crippen LogP contribution in [0.15, 0.2) is 24.3 Å². The maximum Gasteiger partial charge on any atom is 0.123 e. The molecule has 0 radical (unpaired) electrons. The third-order valence-corrected chi connectivity index (χ3v) is 3.53. The van der Waals surface area contributed by atoms with Gasteiger partial charge in [-0.25, -0.2) is 4.39 Å². The zero-order chi connectivity index (χ0) is 13.0. The maximum absolute atomic E-state index is 13.0. The summed E-state index contributed by atoms with van der Waals surface area (Å²) in [6.45, 7) is 6.07. The Hall–Kier alpha value is -0.930. The highest BCUT2D eigenvalue weighted by Gasteiger charge is 2.21. The van der Waals surface area contributed by atoms with Gasteiger partial charge in [-0.15, -0.1) is 0 Å². The summed E-state index contributed by atoms with van der Waals surface area (Å²) in [5.41, 5.74) is 1.16. The van der Waals surface area contributed by atoms with Crippen molar-refractivity contribution in [2.75, 3.05) is 13.2 Å². The van der Waals surface area contributed by atoms with E-state index in [2.05, 4.69) is 19.2 Å². The van der Waals surface area contributed by atoms with E-state index < -0.39 is 0 Å². The zero-order valence-corrected chi connectivity index (χ0v) is 11.2. The molecule has 1 unspecified atom stereocenters. The molecule has 0 saturated carbocycles. The molecule has 1 N–H and O–H groups in total. The number of ether oxygens (including phenoxy) is 1. The first-order valence-corrected chi connectivity index (χ1v) is 6.76. The predicted octanol–water partition coefficient (Wildman–Crippen LogP) is 3.29. The van der Waals surface area contributed by atoms with Crippen LogP contribution >= 0.6 is 0 Å². The molecule has 1 heterocycles. The van der Waals surface area contributed by atoms with Gasteiger partial charge in [-0.3, -0.25) is 0 Å². The number of rotatable bonds is 4. The van der Waals surface area contributed by atoms with E-state index in [-0.39, 0.29) is 11.9 Å². The van der Waals surface area contributed by atoms with Crippen LogP contribution in [-0.4, -0.2) is 19.3 Å². The second-order valence-corrected chi connectivity index (χ2v) is 5.33. The number of benzene rings is 1. The Morgan fingerprint density at radius 2 is 1.78 bits per heavy atom. The molecule has 0 bridgehead atoms. The lowest BCUT2D eigenvalue weighted by molar-refractivity contribution is 0.0728. The SMILES string of the molecule is CC(C)C(NC1CCOCC1)c1ccc(F)cc1. The highest BCUT2D eigenvalue weighted by Crippen LogP contribution is 2.24. The third-order valence-electron chi connectivity index (χ3n) is 3.53. The van der Waals surface area contributed by atoms with Crippen molar-refractivity contribution < 1.29 is 9.13 Å². The molecule has 2 rings (SSSR count). The van der Waals surface area contributed by atoms with Crippen LogP contribution in [-0.2, 0) is 4.74 Å². The van der Waals surface area contributed by atoms with Gasteiger partial charge in [0.1, 0.15) is 5.82 Å². The van der Waals surface area contributed by atoms with Crippen molar-refractivity contribution in [2.24, 2.45) is 5.92 Å². The minimum atomic E-state index is -0.174. The maximum atomic E-state index is 13.0. The summed E-state index contributed by atoms with van der Waals surface area (Å²) in [6, 6.07) is 7.63. The Morgan fingerprint density at radius 1 is 1.17 bits per heavy atom. The summed E-state index contributed by atoms with van der Waals surface area (Å²) in [5.74, 6) is 0.311. The summed E-state index contributed by atoms with van der Waals surface area (Å²) in [7, 11) is 0. The van der Waals surface area contributed by atoms with Crippen molar-refractivity contribution >= 4 is 0 Å². The molecule has 1 atom stereocenters. The molecule has 2 nitrogen and oxygen atoms in total. The van der Waals surface area contributed by atoms with E-state index in [0.717, 1.165) is 31.6 Å². The summed E-state index contributed by atoms with van der Waals surface area (Å²) in [4.78, 5) is 0. The molecule has 18 heavy (non-hydrogen) atoms. The molecule has 3 heteroatoms. The lowest BCUT2D eigenvalue weighted by Gasteiger charge is -2.31. The van der Waals surface area contributed by atoms with Gasteiger partial charge in [0.05, 0.1) is 0 Å². The molecule has 1 aromatic rings. The van der Waals surface area contributed by atoms with Gasteiger partial charge in [-0.2, -0.15) is 0 Å². The van der Waals surface area contributed by atoms with Gasteiger partial charge < -0.3 is 10.1 Å². The lowest BCUT2D eigenvalue weighted by Crippen LogP contribution is -2.39. The first-order valence-electron chi connectivity index (χ1n) is 6.76. The number of hydrogen-bond acceptors (Lipinski definition) is 2. The Bertz CT molecular complexity index is 357. The van der Waals surface area contributed by atoms with E-state index >= 15 is 0 Å². The summed E-state index contributed by atoms with van der Waals surface area (Å²) in [6.07, 6.45) is 2.12. The van der Waals surface area contributed by atoms with Crippen molar-refractivity contribution in [2.45, 2.75) is 38.8 Å². The Balaban J connectivity index is 2.05. The molecule has 0 amide bonds. The summed E-state index contributed by atoms with van der Waals surface area (Å²) in [5, 5.41) is 3.69. The highest BCUT2D eigenvalue weighted by molar-refractivity contribution is 5.20. The number of hydrogen-bond donors (Lipinski definition) is 1. The third kappa shape index (κ3) is 3.53. The van der Waals surface area contributed by atoms with Crippen LogP contribution in [0.5, 0.6) is 0 Å². The minimum Gasteiger partial charge on any atom is -0.381 e. The fourth-order valence-corrected chi connectivity index (χ4v) is 2.46. The minimum absolute atomic E-state index is 0.174. The molecule has 0 aromatic heterocycles. The average molecular weight is 251 g/mol. The number of nitrogens with one attached hydrogen (secondary N) is 1. The van der Waals surface area contributed by atoms with Gasteiger partial charge in [0.2, 0.25) is 0 Å². The van der Waals surface area contributed by atoms with Crippen molar-refractivity contribution in [3.63, 3.8) is 0 Å². The average Bonchev–Trinajstić information content (AvgIpc) is 2.38. The van der Waals surface area contributed by atoms with Gasteiger partial charge >= 0.3 is 0 Å². The van der Waals surface area contributed by atoms with Crippen LogP contribution in [0.1, 0.15) is 38.3 Å². The first-order chi connectivity index (χ1) is 8.66. The molecule has 0 spiro atoms. The molecule has 1 aliphatic rings. The molecule has 100 valence electrons. The predicted molar refractivity (Wildman–Crippen MR) is 71.0 cm³/mol. The Morgan fingerprint density at radius 3 is 2.33 bits per heavy atom. The fourth-order valence-electron chi connectivity index (χ4n) is 2.46. The van der Waals surface area contributed by atoms with Gasteiger partial charge in [0.25, 0.3) is 0 Å². The van der Waals surface area contributed by atoms with Gasteiger partial charge in [-0.1, -0.05) is 26.0 Å². The van der Waals surface area contributed by atoms with Crippen LogP contribution in [0.25, 0.3) is 0 Å². The van der Waals surface area contributed by atoms with Crippen LogP contribution in [0.3, 0.4) is 0 Å². The van der Waals surface area contributed by atoms with Crippen molar-refractivity contribution in [1.29, 1.82) is 0 Å². The second-order valence-electron chi connectivity index (χ2n) is 5.33. The van der Waals surface area contributed by atoms with E-state index in [0.29, 0.717) is 12.0 Å². The van der Waals surface area contributed by atoms with E-state index in [4.69, 9.17) is 4.74 Å². The van der Waals surface area contributed by atoms with Gasteiger partial charge in [-0.05, 0) is 36.5 Å².